The average Bonchev–Trinajstić information content (AvgIpc) is 3.01. The first-order valence-corrected chi connectivity index (χ1v) is 11.0. The fourth-order valence-corrected chi connectivity index (χ4v) is 5.21. The maximum Gasteiger partial charge on any atom is 0.285 e. The number of hydrogen-bond acceptors (Lipinski definition) is 4. The van der Waals surface area contributed by atoms with E-state index in [0.717, 1.165) is 18.5 Å². The van der Waals surface area contributed by atoms with E-state index in [2.05, 4.69) is 4.40 Å². The Labute approximate surface area is 165 Å². The van der Waals surface area contributed by atoms with Crippen LogP contribution in [0.4, 0.5) is 5.69 Å². The average molecular weight is 398 g/mol. The second-order valence-corrected chi connectivity index (χ2v) is 8.66. The molecule has 0 radical (unpaired) electrons. The van der Waals surface area contributed by atoms with Gasteiger partial charge in [-0.05, 0) is 44.0 Å². The molecule has 146 valence electrons. The SMILES string of the molecule is CCN(C(=O)C1CCCN(C2=NS(=O)(=O)c3ccccc32)C1)c1ccccc1. The Morgan fingerprint density at radius 2 is 1.86 bits per heavy atom. The van der Waals surface area contributed by atoms with Gasteiger partial charge < -0.3 is 9.80 Å². The van der Waals surface area contributed by atoms with Crippen LogP contribution in [-0.4, -0.2) is 44.7 Å². The van der Waals surface area contributed by atoms with Crippen molar-refractivity contribution in [1.82, 2.24) is 4.90 Å². The fraction of sp³-hybridized carbons (Fsp3) is 0.333. The monoisotopic (exact) mass is 397 g/mol. The molecule has 2 aliphatic rings. The summed E-state index contributed by atoms with van der Waals surface area (Å²) in [6.07, 6.45) is 1.62. The van der Waals surface area contributed by atoms with E-state index in [4.69, 9.17) is 0 Å². The highest BCUT2D eigenvalue weighted by atomic mass is 32.2. The van der Waals surface area contributed by atoms with Crippen molar-refractivity contribution in [3.05, 3.63) is 60.2 Å². The third kappa shape index (κ3) is 3.30. The largest absolute Gasteiger partial charge is 0.355 e. The summed E-state index contributed by atoms with van der Waals surface area (Å²) in [6, 6.07) is 16.5. The summed E-state index contributed by atoms with van der Waals surface area (Å²) in [7, 11) is -3.65. The van der Waals surface area contributed by atoms with Crippen molar-refractivity contribution >= 4 is 27.5 Å². The van der Waals surface area contributed by atoms with E-state index in [1.165, 1.54) is 0 Å². The molecule has 2 aromatic carbocycles. The number of rotatable bonds is 3. The first-order chi connectivity index (χ1) is 13.5. The standard InChI is InChI=1S/C21H23N3O3S/c1-2-24(17-10-4-3-5-11-17)21(25)16-9-8-14-23(15-16)20-18-12-6-7-13-19(18)28(26,27)22-20/h3-7,10-13,16H,2,8-9,14-15H2,1H3. The van der Waals surface area contributed by atoms with Gasteiger partial charge in [-0.15, -0.1) is 4.40 Å². The number of amides is 1. The lowest BCUT2D eigenvalue weighted by molar-refractivity contribution is -0.123. The second kappa shape index (κ2) is 7.39. The number of anilines is 1. The Morgan fingerprint density at radius 3 is 2.61 bits per heavy atom. The first kappa shape index (κ1) is 18.7. The van der Waals surface area contributed by atoms with E-state index in [1.807, 2.05) is 48.2 Å². The van der Waals surface area contributed by atoms with Gasteiger partial charge in [-0.3, -0.25) is 4.79 Å². The maximum atomic E-state index is 13.2. The highest BCUT2D eigenvalue weighted by Crippen LogP contribution is 2.30. The van der Waals surface area contributed by atoms with Crippen molar-refractivity contribution in [2.75, 3.05) is 24.5 Å². The van der Waals surface area contributed by atoms with Crippen LogP contribution in [0.2, 0.25) is 0 Å². The van der Waals surface area contributed by atoms with E-state index in [0.29, 0.717) is 31.0 Å². The number of carbonyl (C=O) groups is 1. The van der Waals surface area contributed by atoms with E-state index >= 15 is 0 Å². The number of hydrogen-bond donors (Lipinski definition) is 0. The number of piperidine rings is 1. The lowest BCUT2D eigenvalue weighted by atomic mass is 9.95. The molecule has 0 aromatic heterocycles. The molecular formula is C21H23N3O3S. The molecule has 2 aromatic rings. The Morgan fingerprint density at radius 1 is 1.14 bits per heavy atom. The van der Waals surface area contributed by atoms with Gasteiger partial charge in [0.2, 0.25) is 5.91 Å². The zero-order valence-electron chi connectivity index (χ0n) is 15.8. The number of likely N-dealkylation sites (tertiary alicyclic amines) is 1. The summed E-state index contributed by atoms with van der Waals surface area (Å²) >= 11 is 0. The van der Waals surface area contributed by atoms with Gasteiger partial charge in [0.05, 0.1) is 5.92 Å². The van der Waals surface area contributed by atoms with Crippen molar-refractivity contribution in [3.8, 4) is 0 Å². The van der Waals surface area contributed by atoms with Gasteiger partial charge in [0, 0.05) is 30.9 Å². The molecule has 2 aliphatic heterocycles. The molecule has 0 N–H and O–H groups in total. The van der Waals surface area contributed by atoms with Crippen LogP contribution in [0.25, 0.3) is 0 Å². The molecule has 0 saturated carbocycles. The molecule has 28 heavy (non-hydrogen) atoms. The van der Waals surface area contributed by atoms with Crippen LogP contribution >= 0.6 is 0 Å². The Hall–Kier alpha value is -2.67. The van der Waals surface area contributed by atoms with Crippen LogP contribution in [0.5, 0.6) is 0 Å². The normalized spacial score (nSPS) is 20.4. The molecule has 7 heteroatoms. The summed E-state index contributed by atoms with van der Waals surface area (Å²) in [5.74, 6) is 0.357. The predicted octanol–water partition coefficient (Wildman–Crippen LogP) is 2.90. The summed E-state index contributed by atoms with van der Waals surface area (Å²) in [4.78, 5) is 17.2. The number of benzene rings is 2. The third-order valence-electron chi connectivity index (χ3n) is 5.33. The van der Waals surface area contributed by atoms with E-state index in [1.54, 1.807) is 23.1 Å². The van der Waals surface area contributed by atoms with Crippen molar-refractivity contribution in [2.45, 2.75) is 24.7 Å². The molecule has 0 spiro atoms. The quantitative estimate of drug-likeness (QED) is 0.799. The number of amidine groups is 1. The lowest BCUT2D eigenvalue weighted by Crippen LogP contribution is -2.47. The van der Waals surface area contributed by atoms with E-state index in [-0.39, 0.29) is 16.7 Å². The summed E-state index contributed by atoms with van der Waals surface area (Å²) < 4.78 is 28.8. The summed E-state index contributed by atoms with van der Waals surface area (Å²) in [6.45, 7) is 3.74. The minimum Gasteiger partial charge on any atom is -0.355 e. The van der Waals surface area contributed by atoms with Gasteiger partial charge in [0.15, 0.2) is 5.84 Å². The molecule has 0 bridgehead atoms. The van der Waals surface area contributed by atoms with Crippen molar-refractivity contribution in [2.24, 2.45) is 10.3 Å². The number of para-hydroxylation sites is 1. The van der Waals surface area contributed by atoms with Crippen LogP contribution in [0.3, 0.4) is 0 Å². The Kier molecular flexibility index (Phi) is 4.93. The van der Waals surface area contributed by atoms with Crippen LogP contribution in [0.15, 0.2) is 63.9 Å². The van der Waals surface area contributed by atoms with Crippen LogP contribution in [0.1, 0.15) is 25.3 Å². The van der Waals surface area contributed by atoms with Crippen molar-refractivity contribution in [1.29, 1.82) is 0 Å². The molecule has 6 nitrogen and oxygen atoms in total. The van der Waals surface area contributed by atoms with E-state index in [9.17, 15) is 13.2 Å². The molecule has 1 fully saturated rings. The fourth-order valence-electron chi connectivity index (χ4n) is 3.98. The third-order valence-corrected chi connectivity index (χ3v) is 6.66. The molecule has 0 aliphatic carbocycles. The minimum absolute atomic E-state index is 0.0770. The van der Waals surface area contributed by atoms with Crippen molar-refractivity contribution < 1.29 is 13.2 Å². The number of fused-ring (bicyclic) bond motifs is 1. The highest BCUT2D eigenvalue weighted by Gasteiger charge is 2.36. The van der Waals surface area contributed by atoms with Gasteiger partial charge in [-0.25, -0.2) is 0 Å². The molecule has 1 amide bonds. The minimum atomic E-state index is -3.65. The van der Waals surface area contributed by atoms with Gasteiger partial charge in [-0.1, -0.05) is 30.3 Å². The Balaban J connectivity index is 1.58. The second-order valence-electron chi connectivity index (χ2n) is 7.09. The summed E-state index contributed by atoms with van der Waals surface area (Å²) in [5.41, 5.74) is 1.52. The van der Waals surface area contributed by atoms with E-state index < -0.39 is 10.0 Å². The van der Waals surface area contributed by atoms with Crippen LogP contribution in [0, 0.1) is 5.92 Å². The van der Waals surface area contributed by atoms with Gasteiger partial charge in [-0.2, -0.15) is 8.42 Å². The zero-order chi connectivity index (χ0) is 19.7. The molecule has 1 unspecified atom stereocenters. The topological polar surface area (TPSA) is 70.1 Å². The molecule has 2 heterocycles. The molecular weight excluding hydrogens is 374 g/mol. The Bertz CT molecular complexity index is 1020. The molecule has 4 rings (SSSR count). The van der Waals surface area contributed by atoms with Crippen molar-refractivity contribution in [3.63, 3.8) is 0 Å². The maximum absolute atomic E-state index is 13.2. The first-order valence-electron chi connectivity index (χ1n) is 9.57. The number of carbonyl (C=O) groups excluding carboxylic acids is 1. The summed E-state index contributed by atoms with van der Waals surface area (Å²) in [5, 5.41) is 0. The van der Waals surface area contributed by atoms with Crippen LogP contribution in [-0.2, 0) is 14.8 Å². The number of sulfonamides is 1. The predicted molar refractivity (Wildman–Crippen MR) is 109 cm³/mol. The van der Waals surface area contributed by atoms with Gasteiger partial charge in [0.25, 0.3) is 10.0 Å². The number of nitrogens with zero attached hydrogens (tertiary/aromatic N) is 3. The molecule has 1 atom stereocenters. The van der Waals surface area contributed by atoms with Gasteiger partial charge >= 0.3 is 0 Å². The van der Waals surface area contributed by atoms with Crippen LogP contribution < -0.4 is 4.90 Å². The smallest absolute Gasteiger partial charge is 0.285 e. The lowest BCUT2D eigenvalue weighted by Gasteiger charge is -2.35. The zero-order valence-corrected chi connectivity index (χ0v) is 16.6. The van der Waals surface area contributed by atoms with Gasteiger partial charge in [0.1, 0.15) is 4.90 Å². The molecule has 1 saturated heterocycles. The highest BCUT2D eigenvalue weighted by molar-refractivity contribution is 7.90.